The van der Waals surface area contributed by atoms with Crippen molar-refractivity contribution in [3.63, 3.8) is 0 Å². The van der Waals surface area contributed by atoms with Crippen molar-refractivity contribution in [1.82, 2.24) is 9.80 Å². The largest absolute Gasteiger partial charge is 0.382 e. The summed E-state index contributed by atoms with van der Waals surface area (Å²) in [7, 11) is 5.39. The molecule has 1 fully saturated rings. The zero-order valence-electron chi connectivity index (χ0n) is 14.7. The number of amides is 1. The first-order valence-electron chi connectivity index (χ1n) is 8.34. The van der Waals surface area contributed by atoms with E-state index in [1.54, 1.807) is 19.2 Å². The van der Waals surface area contributed by atoms with Gasteiger partial charge in [-0.05, 0) is 44.6 Å². The number of likely N-dealkylation sites (tertiary alicyclic amines) is 1. The van der Waals surface area contributed by atoms with Crippen LogP contribution in [0.25, 0.3) is 0 Å². The van der Waals surface area contributed by atoms with Crippen molar-refractivity contribution in [1.29, 1.82) is 0 Å². The lowest BCUT2D eigenvalue weighted by Crippen LogP contribution is -2.46. The number of likely N-dealkylation sites (N-methyl/N-ethyl adjacent to an activating group) is 1. The van der Waals surface area contributed by atoms with Gasteiger partial charge in [0.05, 0.1) is 19.3 Å². The molecule has 1 aromatic carbocycles. The monoisotopic (exact) mass is 338 g/mol. The van der Waals surface area contributed by atoms with E-state index < -0.39 is 6.04 Å². The van der Waals surface area contributed by atoms with Crippen molar-refractivity contribution in [3.05, 3.63) is 35.6 Å². The Labute approximate surface area is 143 Å². The maximum Gasteiger partial charge on any atom is 0.244 e. The number of ether oxygens (including phenoxy) is 2. The summed E-state index contributed by atoms with van der Waals surface area (Å²) in [5.41, 5.74) is 0.810. The predicted octanol–water partition coefficient (Wildman–Crippen LogP) is 2.08. The van der Waals surface area contributed by atoms with Gasteiger partial charge < -0.3 is 14.4 Å². The lowest BCUT2D eigenvalue weighted by Gasteiger charge is -2.36. The van der Waals surface area contributed by atoms with Gasteiger partial charge in [0.25, 0.3) is 0 Å². The molecule has 1 aliphatic rings. The minimum atomic E-state index is -0.392. The van der Waals surface area contributed by atoms with Crippen LogP contribution >= 0.6 is 0 Å². The van der Waals surface area contributed by atoms with Gasteiger partial charge in [0.15, 0.2) is 0 Å². The lowest BCUT2D eigenvalue weighted by atomic mass is 10.0. The summed E-state index contributed by atoms with van der Waals surface area (Å²) in [4.78, 5) is 16.7. The molecule has 2 rings (SSSR count). The average Bonchev–Trinajstić information content (AvgIpc) is 2.57. The number of hydrogen-bond acceptors (Lipinski definition) is 4. The molecular weight excluding hydrogens is 311 g/mol. The number of benzene rings is 1. The Morgan fingerprint density at radius 2 is 1.88 bits per heavy atom. The number of piperidine rings is 1. The van der Waals surface area contributed by atoms with Gasteiger partial charge in [-0.15, -0.1) is 0 Å². The van der Waals surface area contributed by atoms with Crippen LogP contribution in [-0.2, 0) is 14.3 Å². The van der Waals surface area contributed by atoms with Crippen LogP contribution in [0, 0.1) is 5.82 Å². The molecule has 0 aliphatic carbocycles. The molecule has 6 heteroatoms. The zero-order chi connectivity index (χ0) is 17.5. The fraction of sp³-hybridized carbons (Fsp3) is 0.611. The van der Waals surface area contributed by atoms with Crippen LogP contribution in [0.15, 0.2) is 24.3 Å². The summed E-state index contributed by atoms with van der Waals surface area (Å²) < 4.78 is 23.9. The molecule has 5 nitrogen and oxygen atoms in total. The van der Waals surface area contributed by atoms with Crippen LogP contribution in [-0.4, -0.2) is 69.3 Å². The summed E-state index contributed by atoms with van der Waals surface area (Å²) in [6.45, 7) is 2.54. The second-order valence-electron chi connectivity index (χ2n) is 6.31. The maximum absolute atomic E-state index is 13.1. The third-order valence-corrected chi connectivity index (χ3v) is 4.33. The van der Waals surface area contributed by atoms with E-state index in [1.165, 1.54) is 12.1 Å². The number of carbonyl (C=O) groups is 1. The highest BCUT2D eigenvalue weighted by molar-refractivity contribution is 5.83. The Bertz CT molecular complexity index is 514. The van der Waals surface area contributed by atoms with E-state index in [2.05, 4.69) is 0 Å². The van der Waals surface area contributed by atoms with Gasteiger partial charge in [-0.2, -0.15) is 0 Å². The molecule has 0 bridgehead atoms. The second kappa shape index (κ2) is 9.11. The maximum atomic E-state index is 13.1. The molecular formula is C18H27FN2O3. The van der Waals surface area contributed by atoms with Crippen molar-refractivity contribution >= 4 is 5.91 Å². The van der Waals surface area contributed by atoms with Gasteiger partial charge in [0.2, 0.25) is 5.91 Å². The molecule has 1 aromatic rings. The number of nitrogens with zero attached hydrogens (tertiary/aromatic N) is 2. The summed E-state index contributed by atoms with van der Waals surface area (Å²) in [5, 5.41) is 0. The highest BCUT2D eigenvalue weighted by atomic mass is 19.1. The van der Waals surface area contributed by atoms with Crippen LogP contribution in [0.3, 0.4) is 0 Å². The number of hydrogen-bond donors (Lipinski definition) is 0. The summed E-state index contributed by atoms with van der Waals surface area (Å²) in [5.74, 6) is -0.236. The number of rotatable bonds is 7. The first-order valence-corrected chi connectivity index (χ1v) is 8.34. The molecule has 1 amide bonds. The molecule has 1 unspecified atom stereocenters. The Morgan fingerprint density at radius 1 is 1.25 bits per heavy atom. The molecule has 0 N–H and O–H groups in total. The van der Waals surface area contributed by atoms with Crippen molar-refractivity contribution < 1.29 is 18.7 Å². The Morgan fingerprint density at radius 3 is 2.42 bits per heavy atom. The van der Waals surface area contributed by atoms with Crippen molar-refractivity contribution in [2.75, 3.05) is 47.5 Å². The van der Waals surface area contributed by atoms with E-state index in [0.29, 0.717) is 26.3 Å². The zero-order valence-corrected chi connectivity index (χ0v) is 14.7. The van der Waals surface area contributed by atoms with Crippen molar-refractivity contribution in [2.45, 2.75) is 25.0 Å². The van der Waals surface area contributed by atoms with Crippen molar-refractivity contribution in [3.8, 4) is 0 Å². The molecule has 1 aliphatic heterocycles. The standard InChI is InChI=1S/C18H27FN2O3/c1-20(2)17(14-4-6-15(19)7-5-14)18(22)21-10-8-16(9-11-21)24-13-12-23-3/h4-7,16-17H,8-13H2,1-3H3. The molecule has 1 saturated heterocycles. The van der Waals surface area contributed by atoms with Gasteiger partial charge >= 0.3 is 0 Å². The van der Waals surface area contributed by atoms with E-state index >= 15 is 0 Å². The van der Waals surface area contributed by atoms with Crippen LogP contribution in [0.4, 0.5) is 4.39 Å². The second-order valence-corrected chi connectivity index (χ2v) is 6.31. The first kappa shape index (κ1) is 18.8. The van der Waals surface area contributed by atoms with Gasteiger partial charge in [0, 0.05) is 20.2 Å². The molecule has 0 spiro atoms. The van der Waals surface area contributed by atoms with E-state index in [9.17, 15) is 9.18 Å². The normalized spacial score (nSPS) is 17.3. The SMILES string of the molecule is COCCOC1CCN(C(=O)C(c2ccc(F)cc2)N(C)C)CC1. The topological polar surface area (TPSA) is 42.0 Å². The van der Waals surface area contributed by atoms with E-state index in [4.69, 9.17) is 9.47 Å². The van der Waals surface area contributed by atoms with E-state index in [0.717, 1.165) is 18.4 Å². The molecule has 0 radical (unpaired) electrons. The van der Waals surface area contributed by atoms with E-state index in [-0.39, 0.29) is 17.8 Å². The number of carbonyl (C=O) groups excluding carboxylic acids is 1. The van der Waals surface area contributed by atoms with Gasteiger partial charge in [-0.1, -0.05) is 12.1 Å². The highest BCUT2D eigenvalue weighted by Crippen LogP contribution is 2.24. The Kier molecular flexibility index (Phi) is 7.15. The minimum Gasteiger partial charge on any atom is -0.382 e. The minimum absolute atomic E-state index is 0.0574. The summed E-state index contributed by atoms with van der Waals surface area (Å²) in [6, 6.07) is 5.76. The summed E-state index contributed by atoms with van der Waals surface area (Å²) >= 11 is 0. The fourth-order valence-electron chi connectivity index (χ4n) is 3.02. The lowest BCUT2D eigenvalue weighted by molar-refractivity contribution is -0.139. The molecule has 0 aromatic heterocycles. The Hall–Kier alpha value is -1.50. The van der Waals surface area contributed by atoms with Crippen LogP contribution in [0.2, 0.25) is 0 Å². The van der Waals surface area contributed by atoms with Crippen LogP contribution in [0.5, 0.6) is 0 Å². The van der Waals surface area contributed by atoms with E-state index in [1.807, 2.05) is 23.9 Å². The number of halogens is 1. The van der Waals surface area contributed by atoms with Crippen molar-refractivity contribution in [2.24, 2.45) is 0 Å². The molecule has 134 valence electrons. The molecule has 1 heterocycles. The molecule has 1 atom stereocenters. The van der Waals surface area contributed by atoms with Crippen LogP contribution < -0.4 is 0 Å². The van der Waals surface area contributed by atoms with Gasteiger partial charge in [-0.3, -0.25) is 9.69 Å². The number of methoxy groups -OCH3 is 1. The average molecular weight is 338 g/mol. The third kappa shape index (κ3) is 5.00. The van der Waals surface area contributed by atoms with Gasteiger partial charge in [-0.25, -0.2) is 4.39 Å². The third-order valence-electron chi connectivity index (χ3n) is 4.33. The van der Waals surface area contributed by atoms with Gasteiger partial charge in [0.1, 0.15) is 11.9 Å². The first-order chi connectivity index (χ1) is 11.5. The molecule has 24 heavy (non-hydrogen) atoms. The smallest absolute Gasteiger partial charge is 0.244 e. The molecule has 0 saturated carbocycles. The quantitative estimate of drug-likeness (QED) is 0.714. The highest BCUT2D eigenvalue weighted by Gasteiger charge is 2.30. The Balaban J connectivity index is 1.95. The summed E-state index contributed by atoms with van der Waals surface area (Å²) in [6.07, 6.45) is 1.85. The fourth-order valence-corrected chi connectivity index (χ4v) is 3.02. The predicted molar refractivity (Wildman–Crippen MR) is 90.3 cm³/mol. The van der Waals surface area contributed by atoms with Crippen LogP contribution in [0.1, 0.15) is 24.4 Å².